The molecule has 4 nitrogen and oxygen atoms in total. The second kappa shape index (κ2) is 9.23. The number of carbonyl (C=O) groups is 2. The van der Waals surface area contributed by atoms with E-state index in [1.54, 1.807) is 19.1 Å². The molecule has 0 aromatic heterocycles. The van der Waals surface area contributed by atoms with Gasteiger partial charge in [-0.1, -0.05) is 39.3 Å². The van der Waals surface area contributed by atoms with Crippen molar-refractivity contribution in [3.63, 3.8) is 0 Å². The van der Waals surface area contributed by atoms with E-state index in [0.29, 0.717) is 12.2 Å². The Morgan fingerprint density at radius 2 is 1.77 bits per heavy atom. The van der Waals surface area contributed by atoms with Gasteiger partial charge in [-0.25, -0.2) is 4.79 Å². The summed E-state index contributed by atoms with van der Waals surface area (Å²) in [7, 11) is 0. The van der Waals surface area contributed by atoms with Crippen molar-refractivity contribution in [2.24, 2.45) is 5.92 Å². The Kier molecular flexibility index (Phi) is 7.64. The van der Waals surface area contributed by atoms with Gasteiger partial charge in [-0.15, -0.1) is 0 Å². The second-order valence-corrected chi connectivity index (χ2v) is 6.02. The molecule has 1 atom stereocenters. The van der Waals surface area contributed by atoms with Crippen molar-refractivity contribution < 1.29 is 14.3 Å². The molecule has 1 rings (SSSR count). The molecule has 1 N–H and O–H groups in total. The first-order valence-electron chi connectivity index (χ1n) is 8.00. The summed E-state index contributed by atoms with van der Waals surface area (Å²) in [5, 5.41) is 2.67. The molecular formula is C18H27NO3. The lowest BCUT2D eigenvalue weighted by molar-refractivity contribution is -0.146. The Labute approximate surface area is 133 Å². The van der Waals surface area contributed by atoms with Gasteiger partial charge >= 0.3 is 5.97 Å². The van der Waals surface area contributed by atoms with E-state index in [2.05, 4.69) is 12.2 Å². The summed E-state index contributed by atoms with van der Waals surface area (Å²) in [6.45, 7) is 8.09. The van der Waals surface area contributed by atoms with Crippen molar-refractivity contribution in [3.05, 3.63) is 35.4 Å². The van der Waals surface area contributed by atoms with Crippen LogP contribution in [0.5, 0.6) is 0 Å². The third kappa shape index (κ3) is 6.29. The molecule has 0 fully saturated rings. The van der Waals surface area contributed by atoms with Crippen LogP contribution in [0.15, 0.2) is 24.3 Å². The van der Waals surface area contributed by atoms with Crippen LogP contribution in [0.4, 0.5) is 0 Å². The van der Waals surface area contributed by atoms with Crippen molar-refractivity contribution in [2.45, 2.75) is 53.0 Å². The molecule has 1 aromatic rings. The van der Waals surface area contributed by atoms with Crippen molar-refractivity contribution in [1.29, 1.82) is 0 Å². The van der Waals surface area contributed by atoms with Crippen LogP contribution in [-0.2, 0) is 16.0 Å². The minimum atomic E-state index is -0.647. The van der Waals surface area contributed by atoms with E-state index in [0.717, 1.165) is 19.3 Å². The number of nitrogens with one attached hydrogen (secondary N) is 1. The molecule has 0 bridgehead atoms. The van der Waals surface area contributed by atoms with Gasteiger partial charge in [0.2, 0.25) is 0 Å². The number of hydrogen-bond acceptors (Lipinski definition) is 3. The van der Waals surface area contributed by atoms with E-state index in [9.17, 15) is 9.59 Å². The maximum atomic E-state index is 12.1. The lowest BCUT2D eigenvalue weighted by atomic mass is 10.1. The van der Waals surface area contributed by atoms with E-state index in [1.165, 1.54) is 5.56 Å². The molecule has 0 aliphatic heterocycles. The highest BCUT2D eigenvalue weighted by Crippen LogP contribution is 2.08. The van der Waals surface area contributed by atoms with Crippen molar-refractivity contribution in [1.82, 2.24) is 5.32 Å². The zero-order chi connectivity index (χ0) is 16.5. The molecule has 0 aliphatic carbocycles. The average Bonchev–Trinajstić information content (AvgIpc) is 2.50. The molecule has 1 aromatic carbocycles. The fourth-order valence-electron chi connectivity index (χ4n) is 1.92. The molecule has 1 unspecified atom stereocenters. The highest BCUT2D eigenvalue weighted by atomic mass is 16.5. The van der Waals surface area contributed by atoms with Crippen LogP contribution < -0.4 is 5.32 Å². The third-order valence-corrected chi connectivity index (χ3v) is 3.30. The largest absolute Gasteiger partial charge is 0.464 e. The fraction of sp³-hybridized carbons (Fsp3) is 0.556. The first-order valence-corrected chi connectivity index (χ1v) is 8.00. The molecule has 0 radical (unpaired) electrons. The number of benzene rings is 1. The monoisotopic (exact) mass is 305 g/mol. The molecule has 4 heteroatoms. The van der Waals surface area contributed by atoms with E-state index in [4.69, 9.17) is 4.74 Å². The lowest BCUT2D eigenvalue weighted by Gasteiger charge is -2.14. The molecule has 0 saturated heterocycles. The summed E-state index contributed by atoms with van der Waals surface area (Å²) < 4.78 is 5.11. The first-order chi connectivity index (χ1) is 10.4. The smallest absolute Gasteiger partial charge is 0.328 e. The molecular weight excluding hydrogens is 278 g/mol. The number of unbranched alkanes of at least 4 members (excludes halogenated alkanes) is 1. The van der Waals surface area contributed by atoms with Crippen LogP contribution >= 0.6 is 0 Å². The van der Waals surface area contributed by atoms with Gasteiger partial charge in [-0.2, -0.15) is 0 Å². The zero-order valence-corrected chi connectivity index (χ0v) is 14.0. The lowest BCUT2D eigenvalue weighted by Crippen LogP contribution is -2.39. The third-order valence-electron chi connectivity index (χ3n) is 3.30. The van der Waals surface area contributed by atoms with Gasteiger partial charge in [-0.05, 0) is 43.4 Å². The Balaban J connectivity index is 2.51. The van der Waals surface area contributed by atoms with Gasteiger partial charge in [-0.3, -0.25) is 4.79 Å². The van der Waals surface area contributed by atoms with Crippen LogP contribution in [-0.4, -0.2) is 24.5 Å². The average molecular weight is 305 g/mol. The summed E-state index contributed by atoms with van der Waals surface area (Å²) in [6, 6.07) is 6.88. The van der Waals surface area contributed by atoms with Crippen LogP contribution in [0.25, 0.3) is 0 Å². The number of ether oxygens (including phenoxy) is 1. The highest BCUT2D eigenvalue weighted by Gasteiger charge is 2.18. The van der Waals surface area contributed by atoms with Crippen molar-refractivity contribution in [2.75, 3.05) is 6.61 Å². The predicted molar refractivity (Wildman–Crippen MR) is 87.8 cm³/mol. The van der Waals surface area contributed by atoms with Gasteiger partial charge in [0.1, 0.15) is 6.04 Å². The van der Waals surface area contributed by atoms with E-state index in [1.807, 2.05) is 26.0 Å². The summed E-state index contributed by atoms with van der Waals surface area (Å²) in [4.78, 5) is 23.9. The number of aryl methyl sites for hydroxylation is 1. The molecule has 0 heterocycles. The fourth-order valence-corrected chi connectivity index (χ4v) is 1.92. The molecule has 1 amide bonds. The summed E-state index contributed by atoms with van der Waals surface area (Å²) in [5.74, 6) is -0.375. The Hall–Kier alpha value is -1.84. The van der Waals surface area contributed by atoms with E-state index in [-0.39, 0.29) is 11.8 Å². The minimum Gasteiger partial charge on any atom is -0.464 e. The maximum absolute atomic E-state index is 12.1. The van der Waals surface area contributed by atoms with Crippen LogP contribution in [0.2, 0.25) is 0 Å². The summed E-state index contributed by atoms with van der Waals surface area (Å²) in [5.41, 5.74) is 1.78. The number of hydrogen-bond donors (Lipinski definition) is 1. The molecule has 0 spiro atoms. The zero-order valence-electron chi connectivity index (χ0n) is 14.0. The van der Waals surface area contributed by atoms with E-state index >= 15 is 0 Å². The van der Waals surface area contributed by atoms with Gasteiger partial charge in [0, 0.05) is 5.56 Å². The van der Waals surface area contributed by atoms with Crippen LogP contribution in [0, 0.1) is 5.92 Å². The predicted octanol–water partition coefficient (Wildman–Crippen LogP) is 3.35. The number of esters is 1. The number of carbonyl (C=O) groups excluding carboxylic acids is 2. The van der Waals surface area contributed by atoms with E-state index < -0.39 is 12.0 Å². The Morgan fingerprint density at radius 1 is 1.14 bits per heavy atom. The van der Waals surface area contributed by atoms with Crippen molar-refractivity contribution >= 4 is 11.9 Å². The molecule has 122 valence electrons. The molecule has 22 heavy (non-hydrogen) atoms. The first kappa shape index (κ1) is 18.2. The summed E-state index contributed by atoms with van der Waals surface area (Å²) in [6.07, 6.45) is 3.32. The summed E-state index contributed by atoms with van der Waals surface area (Å²) >= 11 is 0. The minimum absolute atomic E-state index is 0.254. The molecule has 0 saturated carbocycles. The quantitative estimate of drug-likeness (QED) is 0.749. The van der Waals surface area contributed by atoms with Gasteiger partial charge in [0.25, 0.3) is 5.91 Å². The standard InChI is InChI=1S/C18H27NO3/c1-5-6-7-15-8-10-16(11-9-15)17(20)19-14(4)18(21)22-12-13(2)3/h8-11,13-14H,5-7,12H2,1-4H3,(H,19,20). The Morgan fingerprint density at radius 3 is 2.32 bits per heavy atom. The molecule has 0 aliphatic rings. The topological polar surface area (TPSA) is 55.4 Å². The van der Waals surface area contributed by atoms with Crippen LogP contribution in [0.3, 0.4) is 0 Å². The van der Waals surface area contributed by atoms with Gasteiger partial charge in [0.15, 0.2) is 0 Å². The van der Waals surface area contributed by atoms with Gasteiger partial charge < -0.3 is 10.1 Å². The van der Waals surface area contributed by atoms with Crippen LogP contribution in [0.1, 0.15) is 56.5 Å². The normalized spacial score (nSPS) is 12.0. The number of rotatable bonds is 8. The second-order valence-electron chi connectivity index (χ2n) is 6.02. The SMILES string of the molecule is CCCCc1ccc(C(=O)NC(C)C(=O)OCC(C)C)cc1. The Bertz CT molecular complexity index is 480. The number of amides is 1. The van der Waals surface area contributed by atoms with Crippen molar-refractivity contribution in [3.8, 4) is 0 Å². The highest BCUT2D eigenvalue weighted by molar-refractivity contribution is 5.96. The van der Waals surface area contributed by atoms with Gasteiger partial charge in [0.05, 0.1) is 6.61 Å². The maximum Gasteiger partial charge on any atom is 0.328 e.